The van der Waals surface area contributed by atoms with E-state index in [0.717, 1.165) is 41.9 Å². The van der Waals surface area contributed by atoms with E-state index in [1.54, 1.807) is 23.1 Å². The molecule has 0 bridgehead atoms. The van der Waals surface area contributed by atoms with E-state index in [1.807, 2.05) is 30.1 Å². The van der Waals surface area contributed by atoms with Crippen LogP contribution in [0.2, 0.25) is 0 Å². The summed E-state index contributed by atoms with van der Waals surface area (Å²) in [6, 6.07) is 4.04. The van der Waals surface area contributed by atoms with Crippen molar-refractivity contribution in [3.05, 3.63) is 35.5 Å². The van der Waals surface area contributed by atoms with E-state index in [1.165, 1.54) is 0 Å². The van der Waals surface area contributed by atoms with Gasteiger partial charge in [-0.2, -0.15) is 0 Å². The van der Waals surface area contributed by atoms with E-state index in [9.17, 15) is 0 Å². The zero-order valence-electron chi connectivity index (χ0n) is 13.5. The Kier molecular flexibility index (Phi) is 7.56. The van der Waals surface area contributed by atoms with Gasteiger partial charge in [-0.25, -0.2) is 15.0 Å². The lowest BCUT2D eigenvalue weighted by molar-refractivity contribution is 0.380. The molecule has 1 fully saturated rings. The molecule has 0 amide bonds. The zero-order chi connectivity index (χ0) is 16.1. The second-order valence-corrected chi connectivity index (χ2v) is 6.87. The van der Waals surface area contributed by atoms with Crippen LogP contribution in [0.1, 0.15) is 5.56 Å². The number of hydrogen-bond donors (Lipinski definition) is 1. The van der Waals surface area contributed by atoms with E-state index in [0.29, 0.717) is 12.5 Å². The first-order valence-corrected chi connectivity index (χ1v) is 9.55. The second-order valence-electron chi connectivity index (χ2n) is 5.17. The molecule has 1 aliphatic heterocycles. The largest absolute Gasteiger partial charge is 0.370 e. The van der Waals surface area contributed by atoms with Crippen LogP contribution in [0.4, 0.5) is 5.13 Å². The molecule has 130 valence electrons. The maximum Gasteiger partial charge on any atom is 0.191 e. The van der Waals surface area contributed by atoms with Gasteiger partial charge in [0.15, 0.2) is 11.1 Å². The highest BCUT2D eigenvalue weighted by Crippen LogP contribution is 2.19. The van der Waals surface area contributed by atoms with Crippen LogP contribution in [0.25, 0.3) is 0 Å². The summed E-state index contributed by atoms with van der Waals surface area (Å²) < 4.78 is 0. The predicted octanol–water partition coefficient (Wildman–Crippen LogP) is 2.51. The Morgan fingerprint density at radius 3 is 2.75 bits per heavy atom. The molecule has 0 aromatic carbocycles. The van der Waals surface area contributed by atoms with Gasteiger partial charge in [-0.05, 0) is 24.0 Å². The molecule has 0 saturated carbocycles. The van der Waals surface area contributed by atoms with Crippen molar-refractivity contribution in [1.82, 2.24) is 14.9 Å². The maximum atomic E-state index is 6.15. The Hall–Kier alpha value is -1.07. The van der Waals surface area contributed by atoms with Crippen molar-refractivity contribution >= 4 is 58.2 Å². The molecule has 1 saturated heterocycles. The molecular weight excluding hydrogens is 455 g/mol. The average Bonchev–Trinajstić information content (AvgIpc) is 3.14. The summed E-state index contributed by atoms with van der Waals surface area (Å²) in [7, 11) is 0. The highest BCUT2D eigenvalue weighted by Gasteiger charge is 2.19. The summed E-state index contributed by atoms with van der Waals surface area (Å²) in [6.45, 7) is 4.20. The highest BCUT2D eigenvalue weighted by molar-refractivity contribution is 14.0. The van der Waals surface area contributed by atoms with Gasteiger partial charge in [0.1, 0.15) is 0 Å². The van der Waals surface area contributed by atoms with E-state index in [2.05, 4.69) is 30.8 Å². The lowest BCUT2D eigenvalue weighted by Gasteiger charge is -2.35. The smallest absolute Gasteiger partial charge is 0.191 e. The van der Waals surface area contributed by atoms with E-state index in [4.69, 9.17) is 5.73 Å². The zero-order valence-corrected chi connectivity index (χ0v) is 17.4. The average molecular weight is 476 g/mol. The van der Waals surface area contributed by atoms with Crippen molar-refractivity contribution in [1.29, 1.82) is 0 Å². The standard InChI is InChI=1S/C15H20N6S2.HI/c1-22-13-10-12(2-3-17-13)11-19-14(16)20-5-7-21(8-6-20)15-18-4-9-23-15;/h2-4,9-10H,5-8,11H2,1H3,(H2,16,19);1H. The molecule has 6 nitrogen and oxygen atoms in total. The Bertz CT molecular complexity index is 656. The monoisotopic (exact) mass is 476 g/mol. The van der Waals surface area contributed by atoms with E-state index < -0.39 is 0 Å². The third-order valence-electron chi connectivity index (χ3n) is 3.73. The van der Waals surface area contributed by atoms with Crippen LogP contribution in [0, 0.1) is 0 Å². The predicted molar refractivity (Wildman–Crippen MR) is 113 cm³/mol. The van der Waals surface area contributed by atoms with E-state index in [-0.39, 0.29) is 24.0 Å². The van der Waals surface area contributed by atoms with Crippen LogP contribution in [0.5, 0.6) is 0 Å². The Morgan fingerprint density at radius 2 is 2.08 bits per heavy atom. The molecule has 1 aliphatic rings. The van der Waals surface area contributed by atoms with Crippen LogP contribution >= 0.6 is 47.1 Å². The Labute approximate surface area is 167 Å². The number of nitrogens with two attached hydrogens (primary N) is 1. The second kappa shape index (κ2) is 9.42. The molecule has 0 unspecified atom stereocenters. The van der Waals surface area contributed by atoms with Gasteiger partial charge in [-0.3, -0.25) is 0 Å². The van der Waals surface area contributed by atoms with Gasteiger partial charge < -0.3 is 15.5 Å². The summed E-state index contributed by atoms with van der Waals surface area (Å²) in [4.78, 5) is 17.6. The van der Waals surface area contributed by atoms with Gasteiger partial charge in [0, 0.05) is 44.0 Å². The van der Waals surface area contributed by atoms with Crippen LogP contribution in [0.3, 0.4) is 0 Å². The maximum absolute atomic E-state index is 6.15. The molecule has 0 atom stereocenters. The molecule has 0 radical (unpaired) electrons. The number of thiazole rings is 1. The molecule has 2 aromatic rings. The molecule has 2 N–H and O–H groups in total. The number of halogens is 1. The molecule has 24 heavy (non-hydrogen) atoms. The fourth-order valence-corrected chi connectivity index (χ4v) is 3.56. The fraction of sp³-hybridized carbons (Fsp3) is 0.400. The Morgan fingerprint density at radius 1 is 1.29 bits per heavy atom. The van der Waals surface area contributed by atoms with Crippen molar-refractivity contribution in [3.8, 4) is 0 Å². The number of aromatic nitrogens is 2. The minimum atomic E-state index is 0. The number of guanidine groups is 1. The first-order chi connectivity index (χ1) is 11.3. The quantitative estimate of drug-likeness (QED) is 0.317. The van der Waals surface area contributed by atoms with Crippen molar-refractivity contribution in [2.75, 3.05) is 37.3 Å². The summed E-state index contributed by atoms with van der Waals surface area (Å²) >= 11 is 3.31. The number of nitrogens with zero attached hydrogens (tertiary/aromatic N) is 5. The molecule has 3 rings (SSSR count). The van der Waals surface area contributed by atoms with Gasteiger partial charge in [-0.15, -0.1) is 47.1 Å². The van der Waals surface area contributed by atoms with Crippen LogP contribution < -0.4 is 10.6 Å². The van der Waals surface area contributed by atoms with Gasteiger partial charge in [0.05, 0.1) is 11.6 Å². The summed E-state index contributed by atoms with van der Waals surface area (Å²) in [5, 5.41) is 4.10. The number of thioether (sulfide) groups is 1. The van der Waals surface area contributed by atoms with Gasteiger partial charge in [-0.1, -0.05) is 0 Å². The number of hydrogen-bond acceptors (Lipinski definition) is 6. The third kappa shape index (κ3) is 4.96. The van der Waals surface area contributed by atoms with Crippen molar-refractivity contribution in [2.45, 2.75) is 11.6 Å². The van der Waals surface area contributed by atoms with Crippen LogP contribution in [-0.2, 0) is 6.54 Å². The molecule has 0 aliphatic carbocycles. The number of pyridine rings is 1. The minimum Gasteiger partial charge on any atom is -0.370 e. The lowest BCUT2D eigenvalue weighted by Crippen LogP contribution is -2.51. The molecule has 2 aromatic heterocycles. The Balaban J connectivity index is 0.00000208. The molecule has 0 spiro atoms. The first-order valence-electron chi connectivity index (χ1n) is 7.44. The number of anilines is 1. The van der Waals surface area contributed by atoms with Crippen molar-refractivity contribution in [3.63, 3.8) is 0 Å². The molecule has 9 heteroatoms. The summed E-state index contributed by atoms with van der Waals surface area (Å²) in [5.41, 5.74) is 7.29. The van der Waals surface area contributed by atoms with Crippen LogP contribution in [-0.4, -0.2) is 53.3 Å². The molecular formula is C15H21IN6S2. The minimum absolute atomic E-state index is 0. The number of aliphatic imine (C=N–C) groups is 1. The van der Waals surface area contributed by atoms with Crippen molar-refractivity contribution < 1.29 is 0 Å². The van der Waals surface area contributed by atoms with Crippen molar-refractivity contribution in [2.24, 2.45) is 10.7 Å². The SMILES string of the molecule is CSc1cc(CN=C(N)N2CCN(c3nccs3)CC2)ccn1.I. The normalized spacial score (nSPS) is 15.3. The fourth-order valence-electron chi connectivity index (χ4n) is 2.43. The summed E-state index contributed by atoms with van der Waals surface area (Å²) in [6.07, 6.45) is 5.69. The number of piperazine rings is 1. The van der Waals surface area contributed by atoms with E-state index >= 15 is 0 Å². The first kappa shape index (κ1) is 19.3. The van der Waals surface area contributed by atoms with Gasteiger partial charge in [0.25, 0.3) is 0 Å². The van der Waals surface area contributed by atoms with Gasteiger partial charge in [0.2, 0.25) is 0 Å². The topological polar surface area (TPSA) is 70.6 Å². The third-order valence-corrected chi connectivity index (χ3v) is 5.20. The lowest BCUT2D eigenvalue weighted by atomic mass is 10.3. The summed E-state index contributed by atoms with van der Waals surface area (Å²) in [5.74, 6) is 0.617. The highest BCUT2D eigenvalue weighted by atomic mass is 127. The van der Waals surface area contributed by atoms with Gasteiger partial charge >= 0.3 is 0 Å². The number of rotatable bonds is 4. The van der Waals surface area contributed by atoms with Crippen LogP contribution in [0.15, 0.2) is 39.9 Å². The molecule has 3 heterocycles.